The first-order valence-corrected chi connectivity index (χ1v) is 11.0. The van der Waals surface area contributed by atoms with Crippen LogP contribution in [0.5, 0.6) is 0 Å². The normalized spacial score (nSPS) is 14.6. The van der Waals surface area contributed by atoms with E-state index in [1.807, 2.05) is 6.92 Å². The van der Waals surface area contributed by atoms with E-state index in [0.717, 1.165) is 43.6 Å². The molecule has 0 aromatic heterocycles. The number of amides is 1. The standard InChI is InChI=1S/C24H29N3O5/c1-2-6-21(25-23(28)15-17-7-9-18(10-8-17)24(29)30)20-16-19(27(31)32)11-12-22(20)26-13-4-3-5-14-26/h7-12,16,21H,2-6,13-15H2,1H3,(H,25,28)(H,29,30). The van der Waals surface area contributed by atoms with Crippen LogP contribution in [0.3, 0.4) is 0 Å². The average Bonchev–Trinajstić information content (AvgIpc) is 2.79. The maximum absolute atomic E-state index is 12.8. The van der Waals surface area contributed by atoms with Crippen LogP contribution in [0.4, 0.5) is 11.4 Å². The Morgan fingerprint density at radius 3 is 2.41 bits per heavy atom. The van der Waals surface area contributed by atoms with Crippen LogP contribution in [-0.4, -0.2) is 35.0 Å². The lowest BCUT2D eigenvalue weighted by atomic mass is 9.97. The number of carbonyl (C=O) groups excluding carboxylic acids is 1. The van der Waals surface area contributed by atoms with Crippen molar-refractivity contribution in [2.24, 2.45) is 0 Å². The van der Waals surface area contributed by atoms with Crippen LogP contribution in [0, 0.1) is 10.1 Å². The summed E-state index contributed by atoms with van der Waals surface area (Å²) in [6.45, 7) is 3.81. The van der Waals surface area contributed by atoms with Gasteiger partial charge in [-0.3, -0.25) is 14.9 Å². The van der Waals surface area contributed by atoms with Gasteiger partial charge in [-0.25, -0.2) is 4.79 Å². The van der Waals surface area contributed by atoms with Gasteiger partial charge in [-0.2, -0.15) is 0 Å². The number of nitro benzene ring substituents is 1. The SMILES string of the molecule is CCCC(NC(=O)Cc1ccc(C(=O)O)cc1)c1cc([N+](=O)[O-])ccc1N1CCCCC1. The Morgan fingerprint density at radius 1 is 1.12 bits per heavy atom. The number of anilines is 1. The summed E-state index contributed by atoms with van der Waals surface area (Å²) >= 11 is 0. The van der Waals surface area contributed by atoms with Gasteiger partial charge in [-0.1, -0.05) is 25.5 Å². The van der Waals surface area contributed by atoms with E-state index in [4.69, 9.17) is 5.11 Å². The molecule has 0 radical (unpaired) electrons. The molecular formula is C24H29N3O5. The van der Waals surface area contributed by atoms with E-state index in [2.05, 4.69) is 10.2 Å². The second-order valence-corrected chi connectivity index (χ2v) is 8.14. The molecule has 1 unspecified atom stereocenters. The quantitative estimate of drug-likeness (QED) is 0.440. The number of carboxylic acids is 1. The van der Waals surface area contributed by atoms with Gasteiger partial charge in [0.2, 0.25) is 5.91 Å². The molecule has 8 heteroatoms. The maximum atomic E-state index is 12.8. The number of nitrogens with zero attached hydrogens (tertiary/aromatic N) is 2. The average molecular weight is 440 g/mol. The molecule has 0 spiro atoms. The molecule has 2 aromatic rings. The van der Waals surface area contributed by atoms with Crippen LogP contribution < -0.4 is 10.2 Å². The smallest absolute Gasteiger partial charge is 0.335 e. The molecule has 2 N–H and O–H groups in total. The third kappa shape index (κ3) is 5.84. The minimum Gasteiger partial charge on any atom is -0.478 e. The van der Waals surface area contributed by atoms with Crippen LogP contribution in [-0.2, 0) is 11.2 Å². The van der Waals surface area contributed by atoms with E-state index in [1.165, 1.54) is 24.6 Å². The van der Waals surface area contributed by atoms with Crippen LogP contribution in [0.1, 0.15) is 66.6 Å². The van der Waals surface area contributed by atoms with Crippen molar-refractivity contribution in [2.45, 2.75) is 51.5 Å². The Morgan fingerprint density at radius 2 is 1.81 bits per heavy atom. The number of piperidine rings is 1. The monoisotopic (exact) mass is 439 g/mol. The van der Waals surface area contributed by atoms with Crippen LogP contribution in [0.25, 0.3) is 0 Å². The fourth-order valence-electron chi connectivity index (χ4n) is 4.15. The number of non-ortho nitro benzene ring substituents is 1. The Labute approximate surface area is 187 Å². The summed E-state index contributed by atoms with van der Waals surface area (Å²) < 4.78 is 0. The highest BCUT2D eigenvalue weighted by molar-refractivity contribution is 5.87. The van der Waals surface area contributed by atoms with Crippen molar-refractivity contribution in [3.63, 3.8) is 0 Å². The third-order valence-electron chi connectivity index (χ3n) is 5.77. The molecule has 1 fully saturated rings. The number of rotatable bonds is 9. The van der Waals surface area contributed by atoms with Crippen molar-refractivity contribution < 1.29 is 19.6 Å². The molecule has 2 aromatic carbocycles. The molecular weight excluding hydrogens is 410 g/mol. The first-order valence-electron chi connectivity index (χ1n) is 11.0. The molecule has 1 amide bonds. The lowest BCUT2D eigenvalue weighted by Crippen LogP contribution is -2.34. The summed E-state index contributed by atoms with van der Waals surface area (Å²) in [5.41, 5.74) is 2.61. The zero-order chi connectivity index (χ0) is 23.1. The van der Waals surface area contributed by atoms with E-state index >= 15 is 0 Å². The molecule has 0 bridgehead atoms. The zero-order valence-electron chi connectivity index (χ0n) is 18.3. The summed E-state index contributed by atoms with van der Waals surface area (Å²) in [5.74, 6) is -1.22. The van der Waals surface area contributed by atoms with Gasteiger partial charge in [-0.05, 0) is 49.4 Å². The Balaban J connectivity index is 1.84. The third-order valence-corrected chi connectivity index (χ3v) is 5.77. The van der Waals surface area contributed by atoms with Crippen molar-refractivity contribution >= 4 is 23.3 Å². The predicted octanol–water partition coefficient (Wildman–Crippen LogP) is 4.48. The van der Waals surface area contributed by atoms with E-state index < -0.39 is 10.9 Å². The van der Waals surface area contributed by atoms with Crippen LogP contribution in [0.2, 0.25) is 0 Å². The summed E-state index contributed by atoms with van der Waals surface area (Å²) in [6, 6.07) is 10.8. The number of nitrogens with one attached hydrogen (secondary N) is 1. The molecule has 1 aliphatic rings. The van der Waals surface area contributed by atoms with E-state index in [9.17, 15) is 19.7 Å². The molecule has 170 valence electrons. The van der Waals surface area contributed by atoms with Crippen molar-refractivity contribution in [1.82, 2.24) is 5.32 Å². The molecule has 32 heavy (non-hydrogen) atoms. The molecule has 1 atom stereocenters. The Kier molecular flexibility index (Phi) is 7.81. The summed E-state index contributed by atoms with van der Waals surface area (Å²) in [4.78, 5) is 37.1. The fraction of sp³-hybridized carbons (Fsp3) is 0.417. The van der Waals surface area contributed by atoms with Crippen LogP contribution in [0.15, 0.2) is 42.5 Å². The van der Waals surface area contributed by atoms with Gasteiger partial charge in [0.15, 0.2) is 0 Å². The number of hydrogen-bond donors (Lipinski definition) is 2. The van der Waals surface area contributed by atoms with Crippen molar-refractivity contribution in [1.29, 1.82) is 0 Å². The van der Waals surface area contributed by atoms with Gasteiger partial charge in [0.05, 0.1) is 22.9 Å². The van der Waals surface area contributed by atoms with E-state index in [-0.39, 0.29) is 29.6 Å². The number of benzene rings is 2. The largest absolute Gasteiger partial charge is 0.478 e. The molecule has 8 nitrogen and oxygen atoms in total. The second-order valence-electron chi connectivity index (χ2n) is 8.14. The number of hydrogen-bond acceptors (Lipinski definition) is 5. The molecule has 0 saturated carbocycles. The summed E-state index contributed by atoms with van der Waals surface area (Å²) in [6.07, 6.45) is 4.90. The van der Waals surface area contributed by atoms with Crippen molar-refractivity contribution in [3.8, 4) is 0 Å². The Hall–Kier alpha value is -3.42. The van der Waals surface area contributed by atoms with Crippen molar-refractivity contribution in [3.05, 3.63) is 69.3 Å². The number of carboxylic acid groups (broad SMARTS) is 1. The van der Waals surface area contributed by atoms with E-state index in [1.54, 1.807) is 24.3 Å². The van der Waals surface area contributed by atoms with Gasteiger partial charge in [0.25, 0.3) is 5.69 Å². The number of aromatic carboxylic acids is 1. The highest BCUT2D eigenvalue weighted by Crippen LogP contribution is 2.34. The number of nitro groups is 1. The molecule has 1 aliphatic heterocycles. The van der Waals surface area contributed by atoms with Gasteiger partial charge < -0.3 is 15.3 Å². The van der Waals surface area contributed by atoms with Crippen LogP contribution >= 0.6 is 0 Å². The highest BCUT2D eigenvalue weighted by Gasteiger charge is 2.24. The zero-order valence-corrected chi connectivity index (χ0v) is 18.3. The topological polar surface area (TPSA) is 113 Å². The van der Waals surface area contributed by atoms with Gasteiger partial charge >= 0.3 is 5.97 Å². The molecule has 1 saturated heterocycles. The second kappa shape index (κ2) is 10.7. The highest BCUT2D eigenvalue weighted by atomic mass is 16.6. The first kappa shape index (κ1) is 23.2. The fourth-order valence-corrected chi connectivity index (χ4v) is 4.15. The summed E-state index contributed by atoms with van der Waals surface area (Å²) in [5, 5.41) is 23.5. The minimum absolute atomic E-state index is 0.0142. The van der Waals surface area contributed by atoms with Gasteiger partial charge in [0.1, 0.15) is 0 Å². The lowest BCUT2D eigenvalue weighted by Gasteiger charge is -2.32. The van der Waals surface area contributed by atoms with Crippen molar-refractivity contribution in [2.75, 3.05) is 18.0 Å². The maximum Gasteiger partial charge on any atom is 0.335 e. The first-order chi connectivity index (χ1) is 15.4. The van der Waals surface area contributed by atoms with Gasteiger partial charge in [-0.15, -0.1) is 0 Å². The Bertz CT molecular complexity index is 968. The predicted molar refractivity (Wildman–Crippen MR) is 122 cm³/mol. The molecule has 0 aliphatic carbocycles. The number of carbonyl (C=O) groups is 2. The summed E-state index contributed by atoms with van der Waals surface area (Å²) in [7, 11) is 0. The molecule has 3 rings (SSSR count). The molecule has 1 heterocycles. The minimum atomic E-state index is -1.01. The van der Waals surface area contributed by atoms with Gasteiger partial charge in [0, 0.05) is 36.5 Å². The van der Waals surface area contributed by atoms with E-state index in [0.29, 0.717) is 12.0 Å². The lowest BCUT2D eigenvalue weighted by molar-refractivity contribution is -0.384.